The van der Waals surface area contributed by atoms with Crippen LogP contribution in [0.2, 0.25) is 0 Å². The first-order chi connectivity index (χ1) is 8.47. The van der Waals surface area contributed by atoms with E-state index in [0.29, 0.717) is 0 Å². The lowest BCUT2D eigenvalue weighted by Gasteiger charge is -2.15. The minimum Gasteiger partial charge on any atom is -0.324 e. The van der Waals surface area contributed by atoms with E-state index >= 15 is 0 Å². The van der Waals surface area contributed by atoms with Crippen molar-refractivity contribution < 1.29 is 0 Å². The van der Waals surface area contributed by atoms with Crippen LogP contribution in [-0.2, 0) is 6.42 Å². The zero-order chi connectivity index (χ0) is 13.3. The van der Waals surface area contributed by atoms with E-state index < -0.39 is 0 Å². The van der Waals surface area contributed by atoms with Crippen LogP contribution in [0.4, 0.5) is 0 Å². The molecule has 3 heteroatoms. The highest BCUT2D eigenvalue weighted by Crippen LogP contribution is 2.24. The van der Waals surface area contributed by atoms with Gasteiger partial charge >= 0.3 is 0 Å². The summed E-state index contributed by atoms with van der Waals surface area (Å²) < 4.78 is 0. The van der Waals surface area contributed by atoms with Gasteiger partial charge < -0.3 is 5.73 Å². The van der Waals surface area contributed by atoms with Gasteiger partial charge in [-0.1, -0.05) is 12.1 Å². The number of aryl methyl sites for hydroxylation is 4. The summed E-state index contributed by atoms with van der Waals surface area (Å²) in [6.45, 7) is 8.43. The minimum atomic E-state index is 0.0369. The van der Waals surface area contributed by atoms with Crippen molar-refractivity contribution in [1.82, 2.24) is 4.98 Å². The molecule has 2 aromatic rings. The second-order valence-electron chi connectivity index (χ2n) is 4.99. The Hall–Kier alpha value is -1.19. The van der Waals surface area contributed by atoms with Gasteiger partial charge in [0.15, 0.2) is 0 Å². The Morgan fingerprint density at radius 2 is 1.78 bits per heavy atom. The van der Waals surface area contributed by atoms with E-state index in [1.807, 2.05) is 6.92 Å². The van der Waals surface area contributed by atoms with Gasteiger partial charge in [-0.2, -0.15) is 0 Å². The maximum atomic E-state index is 6.32. The average Bonchev–Trinajstić information content (AvgIpc) is 2.69. The first-order valence-electron chi connectivity index (χ1n) is 6.21. The average molecular weight is 260 g/mol. The topological polar surface area (TPSA) is 38.9 Å². The fraction of sp³-hybridized carbons (Fsp3) is 0.400. The Morgan fingerprint density at radius 3 is 2.39 bits per heavy atom. The van der Waals surface area contributed by atoms with Crippen LogP contribution in [0.5, 0.6) is 0 Å². The van der Waals surface area contributed by atoms with Crippen LogP contribution in [0.15, 0.2) is 17.5 Å². The predicted octanol–water partition coefficient (Wildman–Crippen LogP) is 3.62. The number of aromatic nitrogens is 1. The van der Waals surface area contributed by atoms with Gasteiger partial charge in [0, 0.05) is 23.5 Å². The molecule has 1 unspecified atom stereocenters. The third kappa shape index (κ3) is 2.79. The first-order valence-corrected chi connectivity index (χ1v) is 7.09. The molecule has 0 saturated carbocycles. The fourth-order valence-electron chi connectivity index (χ4n) is 2.18. The number of benzene rings is 1. The monoisotopic (exact) mass is 260 g/mol. The van der Waals surface area contributed by atoms with Crippen molar-refractivity contribution in [2.75, 3.05) is 0 Å². The van der Waals surface area contributed by atoms with Crippen molar-refractivity contribution in [1.29, 1.82) is 0 Å². The van der Waals surface area contributed by atoms with Crippen LogP contribution in [-0.4, -0.2) is 4.98 Å². The molecular weight excluding hydrogens is 240 g/mol. The predicted molar refractivity (Wildman–Crippen MR) is 78.1 cm³/mol. The molecule has 18 heavy (non-hydrogen) atoms. The minimum absolute atomic E-state index is 0.0369. The van der Waals surface area contributed by atoms with E-state index in [-0.39, 0.29) is 6.04 Å². The summed E-state index contributed by atoms with van der Waals surface area (Å²) in [7, 11) is 0. The van der Waals surface area contributed by atoms with Gasteiger partial charge in [0.25, 0.3) is 0 Å². The van der Waals surface area contributed by atoms with Gasteiger partial charge in [-0.05, 0) is 49.9 Å². The molecule has 1 aromatic heterocycles. The van der Waals surface area contributed by atoms with Gasteiger partial charge in [0.1, 0.15) is 0 Å². The molecule has 0 spiro atoms. The van der Waals surface area contributed by atoms with Gasteiger partial charge in [-0.3, -0.25) is 0 Å². The molecule has 1 heterocycles. The maximum Gasteiger partial charge on any atom is 0.0947 e. The molecule has 2 N–H and O–H groups in total. The summed E-state index contributed by atoms with van der Waals surface area (Å²) in [5, 5.41) is 3.20. The Bertz CT molecular complexity index is 558. The molecule has 1 aromatic carbocycles. The van der Waals surface area contributed by atoms with E-state index in [1.165, 1.54) is 22.3 Å². The van der Waals surface area contributed by atoms with E-state index in [2.05, 4.69) is 43.3 Å². The van der Waals surface area contributed by atoms with Crippen LogP contribution < -0.4 is 5.73 Å². The quantitative estimate of drug-likeness (QED) is 0.915. The van der Waals surface area contributed by atoms with Crippen LogP contribution in [0.1, 0.15) is 39.0 Å². The molecule has 96 valence electrons. The summed E-state index contributed by atoms with van der Waals surface area (Å²) in [6.07, 6.45) is 0.821. The first kappa shape index (κ1) is 13.2. The maximum absolute atomic E-state index is 6.32. The molecule has 1 atom stereocenters. The molecule has 2 rings (SSSR count). The van der Waals surface area contributed by atoms with E-state index in [1.54, 1.807) is 11.3 Å². The van der Waals surface area contributed by atoms with E-state index in [0.717, 1.165) is 17.1 Å². The van der Waals surface area contributed by atoms with Crippen molar-refractivity contribution in [3.05, 3.63) is 50.5 Å². The molecule has 0 aliphatic heterocycles. The van der Waals surface area contributed by atoms with Crippen molar-refractivity contribution in [2.24, 2.45) is 5.73 Å². The fourth-order valence-corrected chi connectivity index (χ4v) is 3.01. The largest absolute Gasteiger partial charge is 0.324 e. The third-order valence-corrected chi connectivity index (χ3v) is 4.33. The van der Waals surface area contributed by atoms with Crippen LogP contribution in [0.25, 0.3) is 0 Å². The highest BCUT2D eigenvalue weighted by Gasteiger charge is 2.13. The Kier molecular flexibility index (Phi) is 3.83. The number of hydrogen-bond donors (Lipinski definition) is 1. The van der Waals surface area contributed by atoms with Crippen molar-refractivity contribution in [2.45, 2.75) is 40.2 Å². The van der Waals surface area contributed by atoms with Crippen LogP contribution in [0.3, 0.4) is 0 Å². The smallest absolute Gasteiger partial charge is 0.0947 e. The summed E-state index contributed by atoms with van der Waals surface area (Å²) >= 11 is 1.69. The van der Waals surface area contributed by atoms with E-state index in [9.17, 15) is 0 Å². The lowest BCUT2D eigenvalue weighted by atomic mass is 9.95. The Labute approximate surface area is 113 Å². The summed E-state index contributed by atoms with van der Waals surface area (Å²) in [6, 6.07) is 4.47. The van der Waals surface area contributed by atoms with Gasteiger partial charge in [0.05, 0.1) is 5.01 Å². The molecule has 0 aliphatic rings. The molecule has 0 amide bonds. The number of thiazole rings is 1. The SMILES string of the molecule is Cc1csc(CC(N)c2cc(C)c(C)cc2C)n1. The van der Waals surface area contributed by atoms with Gasteiger partial charge in [0.2, 0.25) is 0 Å². The summed E-state index contributed by atoms with van der Waals surface area (Å²) in [4.78, 5) is 4.48. The molecular formula is C15H20N2S. The second-order valence-corrected chi connectivity index (χ2v) is 5.93. The number of nitrogens with two attached hydrogens (primary N) is 1. The lowest BCUT2D eigenvalue weighted by molar-refractivity contribution is 0.710. The highest BCUT2D eigenvalue weighted by atomic mass is 32.1. The van der Waals surface area contributed by atoms with E-state index in [4.69, 9.17) is 5.73 Å². The van der Waals surface area contributed by atoms with Gasteiger partial charge in [-0.15, -0.1) is 11.3 Å². The number of rotatable bonds is 3. The number of nitrogens with zero attached hydrogens (tertiary/aromatic N) is 1. The van der Waals surface area contributed by atoms with Crippen LogP contribution in [0, 0.1) is 27.7 Å². The number of hydrogen-bond acceptors (Lipinski definition) is 3. The highest BCUT2D eigenvalue weighted by molar-refractivity contribution is 7.09. The van der Waals surface area contributed by atoms with Crippen LogP contribution >= 0.6 is 11.3 Å². The third-order valence-electron chi connectivity index (χ3n) is 3.34. The standard InChI is InChI=1S/C15H20N2S/c1-9-5-11(3)13(6-10(9)2)14(16)7-15-17-12(4)8-18-15/h5-6,8,14H,7,16H2,1-4H3. The zero-order valence-electron chi connectivity index (χ0n) is 11.4. The molecule has 0 aliphatic carbocycles. The Morgan fingerprint density at radius 1 is 1.11 bits per heavy atom. The summed E-state index contributed by atoms with van der Waals surface area (Å²) in [5.74, 6) is 0. The normalized spacial score (nSPS) is 12.7. The van der Waals surface area contributed by atoms with Crippen molar-refractivity contribution in [3.8, 4) is 0 Å². The summed E-state index contributed by atoms with van der Waals surface area (Å²) in [5.41, 5.74) is 12.6. The molecule has 0 fully saturated rings. The Balaban J connectivity index is 2.23. The lowest BCUT2D eigenvalue weighted by Crippen LogP contribution is -2.15. The zero-order valence-corrected chi connectivity index (χ0v) is 12.3. The van der Waals surface area contributed by atoms with Crippen molar-refractivity contribution in [3.63, 3.8) is 0 Å². The molecule has 0 saturated heterocycles. The molecule has 0 radical (unpaired) electrons. The molecule has 2 nitrogen and oxygen atoms in total. The molecule has 0 bridgehead atoms. The second kappa shape index (κ2) is 5.21. The van der Waals surface area contributed by atoms with Gasteiger partial charge in [-0.25, -0.2) is 4.98 Å². The van der Waals surface area contributed by atoms with Crippen molar-refractivity contribution >= 4 is 11.3 Å².